The number of rotatable bonds is 0. The molecule has 9 heavy (non-hydrogen) atoms. The first-order valence-corrected chi connectivity index (χ1v) is 6.57. The first-order valence-electron chi connectivity index (χ1n) is 3.42. The molecule has 2 nitrogen and oxygen atoms in total. The number of ether oxygens (including phenoxy) is 1. The van der Waals surface area contributed by atoms with E-state index in [0.717, 1.165) is 19.4 Å². The molecule has 0 atom stereocenters. The van der Waals surface area contributed by atoms with E-state index in [4.69, 9.17) is 4.74 Å². The summed E-state index contributed by atoms with van der Waals surface area (Å²) in [5, 5.41) is 0. The van der Waals surface area contributed by atoms with Crippen LogP contribution in [0.15, 0.2) is 0 Å². The zero-order chi connectivity index (χ0) is 6.91. The summed E-state index contributed by atoms with van der Waals surface area (Å²) in [5.74, 6) is 0. The third-order valence-corrected chi connectivity index (χ3v) is 5.26. The van der Waals surface area contributed by atoms with Crippen molar-refractivity contribution < 1.29 is 4.74 Å². The van der Waals surface area contributed by atoms with Gasteiger partial charge in [0.2, 0.25) is 0 Å². The Hall–Kier alpha value is 0.137. The second-order valence-electron chi connectivity index (χ2n) is 3.29. The highest BCUT2D eigenvalue weighted by molar-refractivity contribution is 6.74. The zero-order valence-corrected chi connectivity index (χ0v) is 7.48. The molecule has 0 radical (unpaired) electrons. The summed E-state index contributed by atoms with van der Waals surface area (Å²) < 4.78 is 7.84. The Morgan fingerprint density at radius 1 is 1.44 bits per heavy atom. The molecule has 0 unspecified atom stereocenters. The van der Waals surface area contributed by atoms with E-state index >= 15 is 0 Å². The van der Waals surface area contributed by atoms with Crippen molar-refractivity contribution in [1.82, 2.24) is 4.57 Å². The summed E-state index contributed by atoms with van der Waals surface area (Å²) in [6, 6.07) is 0. The monoisotopic (exact) mass is 145 g/mol. The van der Waals surface area contributed by atoms with Gasteiger partial charge in [0.05, 0.1) is 12.8 Å². The van der Waals surface area contributed by atoms with E-state index in [1.165, 1.54) is 0 Å². The molecule has 1 rings (SSSR count). The van der Waals surface area contributed by atoms with Crippen molar-refractivity contribution in [3.8, 4) is 0 Å². The van der Waals surface area contributed by atoms with Crippen LogP contribution in [0, 0.1) is 0 Å². The summed E-state index contributed by atoms with van der Waals surface area (Å²) in [5.41, 5.74) is 0. The average molecular weight is 145 g/mol. The van der Waals surface area contributed by atoms with Gasteiger partial charge in [0.15, 0.2) is 0 Å². The van der Waals surface area contributed by atoms with E-state index in [9.17, 15) is 0 Å². The molecule has 0 aromatic heterocycles. The van der Waals surface area contributed by atoms with Crippen LogP contribution in [-0.2, 0) is 4.74 Å². The Labute approximate surface area is 57.9 Å². The van der Waals surface area contributed by atoms with Crippen LogP contribution in [0.3, 0.4) is 0 Å². The highest BCUT2D eigenvalue weighted by Crippen LogP contribution is 2.11. The van der Waals surface area contributed by atoms with Gasteiger partial charge in [0.1, 0.15) is 8.24 Å². The fourth-order valence-corrected chi connectivity index (χ4v) is 2.50. The van der Waals surface area contributed by atoms with Crippen molar-refractivity contribution in [2.75, 3.05) is 26.4 Å². The van der Waals surface area contributed by atoms with E-state index in [2.05, 4.69) is 24.7 Å². The van der Waals surface area contributed by atoms with Crippen molar-refractivity contribution in [2.45, 2.75) is 13.1 Å². The van der Waals surface area contributed by atoms with Gasteiger partial charge < -0.3 is 9.30 Å². The summed E-state index contributed by atoms with van der Waals surface area (Å²) in [6.45, 7) is 6.73. The maximum atomic E-state index is 5.38. The third-order valence-electron chi connectivity index (χ3n) is 2.06. The lowest BCUT2D eigenvalue weighted by Crippen LogP contribution is -2.55. The fourth-order valence-electron chi connectivity index (χ4n) is 0.936. The van der Waals surface area contributed by atoms with Crippen LogP contribution < -0.4 is 0 Å². The lowest BCUT2D eigenvalue weighted by Gasteiger charge is -2.37. The molecule has 0 spiro atoms. The predicted octanol–water partition coefficient (Wildman–Crippen LogP) is 0.693. The Morgan fingerprint density at radius 3 is 2.44 bits per heavy atom. The quantitative estimate of drug-likeness (QED) is 0.465. The Kier molecular flexibility index (Phi) is 1.93. The number of nitrogens with zero attached hydrogens (tertiary/aromatic N) is 1. The minimum Gasteiger partial charge on any atom is -0.382 e. The molecule has 1 fully saturated rings. The molecule has 0 amide bonds. The molecule has 0 aliphatic carbocycles. The molecule has 0 aromatic rings. The molecule has 1 aliphatic rings. The van der Waals surface area contributed by atoms with E-state index < -0.39 is 8.24 Å². The SMILES string of the molecule is CN1CCOC[Si]1(C)C. The molecule has 1 heterocycles. The van der Waals surface area contributed by atoms with Gasteiger partial charge in [-0.2, -0.15) is 0 Å². The molecule has 54 valence electrons. The highest BCUT2D eigenvalue weighted by atomic mass is 28.3. The van der Waals surface area contributed by atoms with Crippen LogP contribution in [0.2, 0.25) is 13.1 Å². The van der Waals surface area contributed by atoms with Crippen LogP contribution in [0.1, 0.15) is 0 Å². The zero-order valence-electron chi connectivity index (χ0n) is 6.48. The Morgan fingerprint density at radius 2 is 2.11 bits per heavy atom. The van der Waals surface area contributed by atoms with Gasteiger partial charge in [-0.3, -0.25) is 0 Å². The van der Waals surface area contributed by atoms with Crippen molar-refractivity contribution in [3.05, 3.63) is 0 Å². The van der Waals surface area contributed by atoms with Crippen LogP contribution in [0.4, 0.5) is 0 Å². The molecular weight excluding hydrogens is 130 g/mol. The second-order valence-corrected chi connectivity index (χ2v) is 7.96. The smallest absolute Gasteiger partial charge is 0.149 e. The number of hydrogen-bond donors (Lipinski definition) is 0. The minimum absolute atomic E-state index is 0.924. The number of likely N-dealkylation sites (N-methyl/N-ethyl adjacent to an activating group) is 1. The van der Waals surface area contributed by atoms with Gasteiger partial charge in [-0.25, -0.2) is 0 Å². The van der Waals surface area contributed by atoms with Crippen LogP contribution >= 0.6 is 0 Å². The molecule has 1 saturated heterocycles. The maximum absolute atomic E-state index is 5.38. The van der Waals surface area contributed by atoms with Gasteiger partial charge >= 0.3 is 0 Å². The first kappa shape index (κ1) is 7.25. The molecular formula is C6H15NOSi. The van der Waals surface area contributed by atoms with Gasteiger partial charge in [0.25, 0.3) is 0 Å². The van der Waals surface area contributed by atoms with E-state index in [0.29, 0.717) is 0 Å². The summed E-state index contributed by atoms with van der Waals surface area (Å²) in [4.78, 5) is 0. The van der Waals surface area contributed by atoms with E-state index in [1.807, 2.05) is 0 Å². The first-order chi connectivity index (χ1) is 4.13. The van der Waals surface area contributed by atoms with Gasteiger partial charge in [-0.15, -0.1) is 0 Å². The van der Waals surface area contributed by atoms with Crippen LogP contribution in [0.25, 0.3) is 0 Å². The van der Waals surface area contributed by atoms with E-state index in [1.54, 1.807) is 0 Å². The fraction of sp³-hybridized carbons (Fsp3) is 1.00. The highest BCUT2D eigenvalue weighted by Gasteiger charge is 2.29. The lowest BCUT2D eigenvalue weighted by atomic mass is 10.7. The van der Waals surface area contributed by atoms with Gasteiger partial charge in [-0.1, -0.05) is 13.1 Å². The average Bonchev–Trinajstić information content (AvgIpc) is 1.77. The maximum Gasteiger partial charge on any atom is 0.149 e. The molecule has 0 saturated carbocycles. The topological polar surface area (TPSA) is 12.5 Å². The standard InChI is InChI=1S/C6H15NOSi/c1-7-4-5-8-6-9(7,2)3/h4-6H2,1-3H3. The minimum atomic E-state index is -1.08. The van der Waals surface area contributed by atoms with E-state index in [-0.39, 0.29) is 0 Å². The summed E-state index contributed by atoms with van der Waals surface area (Å²) in [7, 11) is 1.12. The summed E-state index contributed by atoms with van der Waals surface area (Å²) >= 11 is 0. The van der Waals surface area contributed by atoms with Crippen LogP contribution in [0.5, 0.6) is 0 Å². The van der Waals surface area contributed by atoms with Crippen molar-refractivity contribution in [2.24, 2.45) is 0 Å². The molecule has 0 aromatic carbocycles. The van der Waals surface area contributed by atoms with Crippen molar-refractivity contribution >= 4 is 8.24 Å². The Balaban J connectivity index is 2.49. The number of hydrogen-bond acceptors (Lipinski definition) is 2. The molecule has 3 heteroatoms. The normalized spacial score (nSPS) is 28.3. The Bertz CT molecular complexity index is 105. The van der Waals surface area contributed by atoms with Gasteiger partial charge in [-0.05, 0) is 7.05 Å². The molecule has 1 aliphatic heterocycles. The third kappa shape index (κ3) is 1.53. The van der Waals surface area contributed by atoms with Gasteiger partial charge in [0, 0.05) is 6.54 Å². The van der Waals surface area contributed by atoms with Crippen molar-refractivity contribution in [3.63, 3.8) is 0 Å². The molecule has 0 bridgehead atoms. The largest absolute Gasteiger partial charge is 0.382 e. The second kappa shape index (κ2) is 2.40. The van der Waals surface area contributed by atoms with Crippen molar-refractivity contribution in [1.29, 1.82) is 0 Å². The lowest BCUT2D eigenvalue weighted by molar-refractivity contribution is 0.128. The predicted molar refractivity (Wildman–Crippen MR) is 40.9 cm³/mol. The summed E-state index contributed by atoms with van der Waals surface area (Å²) in [6.07, 6.45) is 1.00. The molecule has 0 N–H and O–H groups in total. The van der Waals surface area contributed by atoms with Crippen LogP contribution in [-0.4, -0.2) is 39.2 Å².